The Morgan fingerprint density at radius 1 is 0.950 bits per heavy atom. The minimum absolute atomic E-state index is 0.589. The predicted molar refractivity (Wildman–Crippen MR) is 79.2 cm³/mol. The van der Waals surface area contributed by atoms with Crippen LogP contribution in [0.2, 0.25) is 0 Å². The molecule has 5 nitrogen and oxygen atoms in total. The molecule has 0 fully saturated rings. The fourth-order valence-electron chi connectivity index (χ4n) is 2.16. The zero-order chi connectivity index (χ0) is 14.9. The van der Waals surface area contributed by atoms with Crippen molar-refractivity contribution < 1.29 is 9.47 Å². The summed E-state index contributed by atoms with van der Waals surface area (Å²) in [5.41, 5.74) is 10.2. The van der Waals surface area contributed by atoms with Crippen LogP contribution in [-0.4, -0.2) is 24.2 Å². The van der Waals surface area contributed by atoms with Crippen molar-refractivity contribution in [2.45, 2.75) is 20.8 Å². The van der Waals surface area contributed by atoms with Crippen LogP contribution in [0.15, 0.2) is 12.1 Å². The first kappa shape index (κ1) is 14.1. The summed E-state index contributed by atoms with van der Waals surface area (Å²) in [6.07, 6.45) is 0. The first-order chi connectivity index (χ1) is 9.47. The van der Waals surface area contributed by atoms with E-state index in [0.717, 1.165) is 22.5 Å². The fourth-order valence-corrected chi connectivity index (χ4v) is 2.16. The van der Waals surface area contributed by atoms with Crippen molar-refractivity contribution in [1.82, 2.24) is 9.97 Å². The van der Waals surface area contributed by atoms with Gasteiger partial charge in [-0.1, -0.05) is 0 Å². The van der Waals surface area contributed by atoms with Crippen LogP contribution in [0.4, 0.5) is 5.69 Å². The monoisotopic (exact) mass is 273 g/mol. The maximum Gasteiger partial charge on any atom is 0.161 e. The SMILES string of the molecule is COc1cc(C)c(-c2nc(C)nc(C)c2N)cc1OC. The largest absolute Gasteiger partial charge is 0.493 e. The number of hydrogen-bond acceptors (Lipinski definition) is 5. The maximum atomic E-state index is 6.12. The molecule has 0 aliphatic rings. The van der Waals surface area contributed by atoms with Crippen molar-refractivity contribution in [1.29, 1.82) is 0 Å². The lowest BCUT2D eigenvalue weighted by molar-refractivity contribution is 0.355. The highest BCUT2D eigenvalue weighted by Gasteiger charge is 2.15. The normalized spacial score (nSPS) is 10.4. The molecule has 0 unspecified atom stereocenters. The lowest BCUT2D eigenvalue weighted by Crippen LogP contribution is -2.03. The van der Waals surface area contributed by atoms with Crippen LogP contribution in [0.1, 0.15) is 17.1 Å². The van der Waals surface area contributed by atoms with E-state index in [1.807, 2.05) is 32.9 Å². The van der Waals surface area contributed by atoms with Crippen LogP contribution in [0.3, 0.4) is 0 Å². The summed E-state index contributed by atoms with van der Waals surface area (Å²) in [5.74, 6) is 2.04. The zero-order valence-electron chi connectivity index (χ0n) is 12.4. The number of anilines is 1. The molecule has 0 amide bonds. The van der Waals surface area contributed by atoms with E-state index >= 15 is 0 Å². The van der Waals surface area contributed by atoms with E-state index in [-0.39, 0.29) is 0 Å². The number of methoxy groups -OCH3 is 2. The highest BCUT2D eigenvalue weighted by atomic mass is 16.5. The van der Waals surface area contributed by atoms with Gasteiger partial charge in [0.05, 0.1) is 31.3 Å². The summed E-state index contributed by atoms with van der Waals surface area (Å²) in [4.78, 5) is 8.74. The number of rotatable bonds is 3. The molecule has 1 heterocycles. The molecule has 0 aliphatic heterocycles. The van der Waals surface area contributed by atoms with Gasteiger partial charge in [0.2, 0.25) is 0 Å². The second-order valence-corrected chi connectivity index (χ2v) is 4.64. The Balaban J connectivity index is 2.70. The maximum absolute atomic E-state index is 6.12. The first-order valence-electron chi connectivity index (χ1n) is 6.31. The van der Waals surface area contributed by atoms with Crippen LogP contribution < -0.4 is 15.2 Å². The number of nitrogens with zero attached hydrogens (tertiary/aromatic N) is 2. The highest BCUT2D eigenvalue weighted by molar-refractivity contribution is 5.78. The van der Waals surface area contributed by atoms with Gasteiger partial charge in [-0.2, -0.15) is 0 Å². The molecule has 0 saturated carbocycles. The molecule has 1 aromatic carbocycles. The summed E-state index contributed by atoms with van der Waals surface area (Å²) in [6, 6.07) is 3.81. The zero-order valence-corrected chi connectivity index (χ0v) is 12.4. The van der Waals surface area contributed by atoms with Gasteiger partial charge in [0.25, 0.3) is 0 Å². The molecule has 20 heavy (non-hydrogen) atoms. The van der Waals surface area contributed by atoms with E-state index in [2.05, 4.69) is 9.97 Å². The third-order valence-electron chi connectivity index (χ3n) is 3.23. The Hall–Kier alpha value is -2.30. The molecule has 1 aromatic heterocycles. The number of nitrogen functional groups attached to an aromatic ring is 1. The minimum Gasteiger partial charge on any atom is -0.493 e. The highest BCUT2D eigenvalue weighted by Crippen LogP contribution is 2.36. The Bertz CT molecular complexity index is 654. The number of hydrogen-bond donors (Lipinski definition) is 1. The molecule has 0 bridgehead atoms. The quantitative estimate of drug-likeness (QED) is 0.931. The molecule has 2 aromatic rings. The van der Waals surface area contributed by atoms with Gasteiger partial charge >= 0.3 is 0 Å². The molecule has 2 rings (SSSR count). The molecular weight excluding hydrogens is 254 g/mol. The number of aryl methyl sites for hydroxylation is 3. The van der Waals surface area contributed by atoms with E-state index < -0.39 is 0 Å². The summed E-state index contributed by atoms with van der Waals surface area (Å²) >= 11 is 0. The minimum atomic E-state index is 0.589. The summed E-state index contributed by atoms with van der Waals surface area (Å²) < 4.78 is 10.6. The molecule has 0 aliphatic carbocycles. The Labute approximate surface area is 118 Å². The van der Waals surface area contributed by atoms with Gasteiger partial charge in [-0.05, 0) is 38.5 Å². The number of nitrogens with two attached hydrogens (primary N) is 1. The average molecular weight is 273 g/mol. The standard InChI is InChI=1S/C15H19N3O2/c1-8-6-12(19-4)13(20-5)7-11(8)15-14(16)9(2)17-10(3)18-15/h6-7H,16H2,1-5H3. The Morgan fingerprint density at radius 3 is 2.15 bits per heavy atom. The summed E-state index contributed by atoms with van der Waals surface area (Å²) in [7, 11) is 3.22. The smallest absolute Gasteiger partial charge is 0.161 e. The van der Waals surface area contributed by atoms with Crippen LogP contribution in [0.5, 0.6) is 11.5 Å². The third kappa shape index (κ3) is 2.39. The van der Waals surface area contributed by atoms with Gasteiger partial charge in [-0.3, -0.25) is 0 Å². The third-order valence-corrected chi connectivity index (χ3v) is 3.23. The summed E-state index contributed by atoms with van der Waals surface area (Å²) in [5, 5.41) is 0. The lowest BCUT2D eigenvalue weighted by Gasteiger charge is -2.14. The number of ether oxygens (including phenoxy) is 2. The van der Waals surface area contributed by atoms with Gasteiger partial charge in [-0.15, -0.1) is 0 Å². The molecule has 0 atom stereocenters. The molecule has 2 N–H and O–H groups in total. The average Bonchev–Trinajstić information content (AvgIpc) is 2.42. The van der Waals surface area contributed by atoms with Gasteiger partial charge in [0.1, 0.15) is 5.82 Å². The van der Waals surface area contributed by atoms with E-state index in [9.17, 15) is 0 Å². The van der Waals surface area contributed by atoms with Gasteiger partial charge < -0.3 is 15.2 Å². The van der Waals surface area contributed by atoms with Crippen LogP contribution in [0.25, 0.3) is 11.3 Å². The van der Waals surface area contributed by atoms with Crippen LogP contribution >= 0.6 is 0 Å². The first-order valence-corrected chi connectivity index (χ1v) is 6.31. The van der Waals surface area contributed by atoms with E-state index in [0.29, 0.717) is 23.0 Å². The van der Waals surface area contributed by atoms with Crippen molar-refractivity contribution >= 4 is 5.69 Å². The lowest BCUT2D eigenvalue weighted by atomic mass is 10.0. The second kappa shape index (κ2) is 5.36. The van der Waals surface area contributed by atoms with Crippen LogP contribution in [-0.2, 0) is 0 Å². The predicted octanol–water partition coefficient (Wildman–Crippen LogP) is 2.67. The number of benzene rings is 1. The van der Waals surface area contributed by atoms with Crippen molar-refractivity contribution in [3.05, 3.63) is 29.2 Å². The second-order valence-electron chi connectivity index (χ2n) is 4.64. The molecule has 106 valence electrons. The van der Waals surface area contributed by atoms with Crippen molar-refractivity contribution in [2.75, 3.05) is 20.0 Å². The topological polar surface area (TPSA) is 70.3 Å². The number of aromatic nitrogens is 2. The molecule has 0 spiro atoms. The molecule has 0 saturated heterocycles. The summed E-state index contributed by atoms with van der Waals surface area (Å²) in [6.45, 7) is 5.72. The molecular formula is C15H19N3O2. The van der Waals surface area contributed by atoms with E-state index in [1.54, 1.807) is 14.2 Å². The Morgan fingerprint density at radius 2 is 1.55 bits per heavy atom. The van der Waals surface area contributed by atoms with Crippen molar-refractivity contribution in [3.63, 3.8) is 0 Å². The van der Waals surface area contributed by atoms with Crippen LogP contribution in [0, 0.1) is 20.8 Å². The van der Waals surface area contributed by atoms with Crippen molar-refractivity contribution in [2.24, 2.45) is 0 Å². The fraction of sp³-hybridized carbons (Fsp3) is 0.333. The van der Waals surface area contributed by atoms with E-state index in [4.69, 9.17) is 15.2 Å². The van der Waals surface area contributed by atoms with Gasteiger partial charge in [0.15, 0.2) is 11.5 Å². The van der Waals surface area contributed by atoms with E-state index in [1.165, 1.54) is 0 Å². The molecule has 0 radical (unpaired) electrons. The van der Waals surface area contributed by atoms with Gasteiger partial charge in [0, 0.05) is 5.56 Å². The molecule has 5 heteroatoms. The van der Waals surface area contributed by atoms with Gasteiger partial charge in [-0.25, -0.2) is 9.97 Å². The Kier molecular flexibility index (Phi) is 3.79. The van der Waals surface area contributed by atoms with Crippen molar-refractivity contribution in [3.8, 4) is 22.8 Å².